The first-order chi connectivity index (χ1) is 12.4. The number of amides is 1. The summed E-state index contributed by atoms with van der Waals surface area (Å²) in [6.45, 7) is 3.63. The van der Waals surface area contributed by atoms with E-state index in [0.29, 0.717) is 20.9 Å². The Morgan fingerprint density at radius 1 is 1.19 bits per heavy atom. The highest BCUT2D eigenvalue weighted by Gasteiger charge is 2.19. The SMILES string of the molecule is Cc1sc(NC(=O)C(C)Oc2ccc(Cl)cc2Cl)nc1-c1ccccc1. The molecule has 1 N–H and O–H groups in total. The van der Waals surface area contributed by atoms with E-state index in [4.69, 9.17) is 27.9 Å². The topological polar surface area (TPSA) is 51.2 Å². The zero-order valence-corrected chi connectivity index (χ0v) is 16.5. The van der Waals surface area contributed by atoms with Gasteiger partial charge in [-0.15, -0.1) is 11.3 Å². The number of carbonyl (C=O) groups is 1. The summed E-state index contributed by atoms with van der Waals surface area (Å²) in [6.07, 6.45) is -0.738. The Morgan fingerprint density at radius 2 is 1.92 bits per heavy atom. The van der Waals surface area contributed by atoms with E-state index in [2.05, 4.69) is 10.3 Å². The maximum atomic E-state index is 12.4. The molecule has 0 radical (unpaired) electrons. The summed E-state index contributed by atoms with van der Waals surface area (Å²) in [5.41, 5.74) is 1.87. The minimum absolute atomic E-state index is 0.302. The fourth-order valence-electron chi connectivity index (χ4n) is 2.34. The Morgan fingerprint density at radius 3 is 2.62 bits per heavy atom. The molecule has 1 unspecified atom stereocenters. The summed E-state index contributed by atoms with van der Waals surface area (Å²) in [4.78, 5) is 18.0. The number of hydrogen-bond donors (Lipinski definition) is 1. The fraction of sp³-hybridized carbons (Fsp3) is 0.158. The van der Waals surface area contributed by atoms with E-state index in [9.17, 15) is 4.79 Å². The van der Waals surface area contributed by atoms with Crippen LogP contribution in [0.1, 0.15) is 11.8 Å². The van der Waals surface area contributed by atoms with E-state index in [1.165, 1.54) is 11.3 Å². The fourth-order valence-corrected chi connectivity index (χ4v) is 3.63. The van der Waals surface area contributed by atoms with Crippen LogP contribution in [0.4, 0.5) is 5.13 Å². The largest absolute Gasteiger partial charge is 0.479 e. The average molecular weight is 407 g/mol. The Bertz CT molecular complexity index is 929. The zero-order chi connectivity index (χ0) is 18.7. The predicted molar refractivity (Wildman–Crippen MR) is 107 cm³/mol. The third-order valence-electron chi connectivity index (χ3n) is 3.64. The van der Waals surface area contributed by atoms with Gasteiger partial charge in [-0.05, 0) is 32.0 Å². The van der Waals surface area contributed by atoms with Crippen molar-refractivity contribution in [2.75, 3.05) is 5.32 Å². The predicted octanol–water partition coefficient (Wildman–Crippen LogP) is 5.83. The normalized spacial score (nSPS) is 11.8. The summed E-state index contributed by atoms with van der Waals surface area (Å²) in [6, 6.07) is 14.7. The Labute approximate surface area is 165 Å². The third-order valence-corrected chi connectivity index (χ3v) is 5.06. The first-order valence-corrected chi connectivity index (χ1v) is 9.46. The highest BCUT2D eigenvalue weighted by atomic mass is 35.5. The van der Waals surface area contributed by atoms with Gasteiger partial charge in [0, 0.05) is 15.5 Å². The van der Waals surface area contributed by atoms with Gasteiger partial charge in [-0.1, -0.05) is 53.5 Å². The van der Waals surface area contributed by atoms with Gasteiger partial charge in [0.05, 0.1) is 10.7 Å². The minimum atomic E-state index is -0.738. The summed E-state index contributed by atoms with van der Waals surface area (Å²) in [5.74, 6) is 0.100. The molecular formula is C19H16Cl2N2O2S. The molecule has 4 nitrogen and oxygen atoms in total. The smallest absolute Gasteiger partial charge is 0.266 e. The van der Waals surface area contributed by atoms with Crippen molar-refractivity contribution in [3.63, 3.8) is 0 Å². The Balaban J connectivity index is 1.70. The van der Waals surface area contributed by atoms with E-state index >= 15 is 0 Å². The van der Waals surface area contributed by atoms with Gasteiger partial charge in [-0.2, -0.15) is 0 Å². The molecule has 0 aliphatic carbocycles. The van der Waals surface area contributed by atoms with Crippen molar-refractivity contribution >= 4 is 45.6 Å². The van der Waals surface area contributed by atoms with Crippen LogP contribution in [0.15, 0.2) is 48.5 Å². The molecule has 1 heterocycles. The molecule has 3 rings (SSSR count). The number of halogens is 2. The lowest BCUT2D eigenvalue weighted by molar-refractivity contribution is -0.122. The molecule has 0 saturated carbocycles. The van der Waals surface area contributed by atoms with E-state index < -0.39 is 6.10 Å². The van der Waals surface area contributed by atoms with Crippen molar-refractivity contribution < 1.29 is 9.53 Å². The molecule has 0 saturated heterocycles. The second-order valence-electron chi connectivity index (χ2n) is 5.61. The van der Waals surface area contributed by atoms with Gasteiger partial charge in [0.1, 0.15) is 5.75 Å². The lowest BCUT2D eigenvalue weighted by atomic mass is 10.1. The molecule has 0 bridgehead atoms. The van der Waals surface area contributed by atoms with Gasteiger partial charge in [0.2, 0.25) is 0 Å². The van der Waals surface area contributed by atoms with Crippen LogP contribution in [0.25, 0.3) is 11.3 Å². The van der Waals surface area contributed by atoms with Gasteiger partial charge in [-0.25, -0.2) is 4.98 Å². The van der Waals surface area contributed by atoms with Crippen LogP contribution in [-0.2, 0) is 4.79 Å². The van der Waals surface area contributed by atoms with Gasteiger partial charge >= 0.3 is 0 Å². The molecular weight excluding hydrogens is 391 g/mol. The van der Waals surface area contributed by atoms with Crippen LogP contribution in [0.5, 0.6) is 5.75 Å². The molecule has 1 atom stereocenters. The Kier molecular flexibility index (Phi) is 5.81. The van der Waals surface area contributed by atoms with Gasteiger partial charge in [-0.3, -0.25) is 10.1 Å². The zero-order valence-electron chi connectivity index (χ0n) is 14.1. The lowest BCUT2D eigenvalue weighted by Crippen LogP contribution is -2.30. The van der Waals surface area contributed by atoms with Crippen LogP contribution in [0, 0.1) is 6.92 Å². The summed E-state index contributed by atoms with van der Waals surface area (Å²) >= 11 is 13.4. The molecule has 0 aliphatic rings. The molecule has 0 spiro atoms. The number of benzene rings is 2. The number of carbonyl (C=O) groups excluding carboxylic acids is 1. The second kappa shape index (κ2) is 8.08. The molecule has 0 fully saturated rings. The minimum Gasteiger partial charge on any atom is -0.479 e. The number of ether oxygens (including phenoxy) is 1. The van der Waals surface area contributed by atoms with Crippen molar-refractivity contribution in [2.45, 2.75) is 20.0 Å². The molecule has 3 aromatic rings. The number of hydrogen-bond acceptors (Lipinski definition) is 4. The van der Waals surface area contributed by atoms with E-state index in [1.54, 1.807) is 25.1 Å². The number of nitrogens with one attached hydrogen (secondary N) is 1. The highest BCUT2D eigenvalue weighted by Crippen LogP contribution is 2.31. The van der Waals surface area contributed by atoms with Crippen molar-refractivity contribution in [1.82, 2.24) is 4.98 Å². The van der Waals surface area contributed by atoms with Crippen molar-refractivity contribution in [3.05, 3.63) is 63.5 Å². The van der Waals surface area contributed by atoms with Gasteiger partial charge in [0.15, 0.2) is 11.2 Å². The first kappa shape index (κ1) is 18.7. The standard InChI is InChI=1S/C19H16Cl2N2O2S/c1-11(25-16-9-8-14(20)10-15(16)21)18(24)23-19-22-17(12(2)26-19)13-6-4-3-5-7-13/h3-11H,1-2H3,(H,22,23,24). The third kappa shape index (κ3) is 4.36. The van der Waals surface area contributed by atoms with E-state index in [0.717, 1.165) is 16.1 Å². The number of thiazole rings is 1. The lowest BCUT2D eigenvalue weighted by Gasteiger charge is -2.14. The number of rotatable bonds is 5. The molecule has 0 aliphatic heterocycles. The summed E-state index contributed by atoms with van der Waals surface area (Å²) < 4.78 is 5.63. The Hall–Kier alpha value is -2.08. The van der Waals surface area contributed by atoms with Crippen LogP contribution in [0.2, 0.25) is 10.0 Å². The van der Waals surface area contributed by atoms with Crippen LogP contribution in [-0.4, -0.2) is 17.0 Å². The number of nitrogens with zero attached hydrogens (tertiary/aromatic N) is 1. The summed E-state index contributed by atoms with van der Waals surface area (Å²) in [5, 5.41) is 4.19. The van der Waals surface area contributed by atoms with E-state index in [-0.39, 0.29) is 5.91 Å². The number of aryl methyl sites for hydroxylation is 1. The van der Waals surface area contributed by atoms with Crippen LogP contribution >= 0.6 is 34.5 Å². The van der Waals surface area contributed by atoms with Crippen LogP contribution in [0.3, 0.4) is 0 Å². The number of aromatic nitrogens is 1. The number of anilines is 1. The first-order valence-electron chi connectivity index (χ1n) is 7.89. The second-order valence-corrected chi connectivity index (χ2v) is 7.66. The molecule has 26 heavy (non-hydrogen) atoms. The molecule has 7 heteroatoms. The van der Waals surface area contributed by atoms with Crippen LogP contribution < -0.4 is 10.1 Å². The summed E-state index contributed by atoms with van der Waals surface area (Å²) in [7, 11) is 0. The van der Waals surface area contributed by atoms with Gasteiger partial charge < -0.3 is 4.74 Å². The quantitative estimate of drug-likeness (QED) is 0.579. The molecule has 1 amide bonds. The maximum Gasteiger partial charge on any atom is 0.266 e. The monoisotopic (exact) mass is 406 g/mol. The van der Waals surface area contributed by atoms with Crippen molar-refractivity contribution in [2.24, 2.45) is 0 Å². The van der Waals surface area contributed by atoms with Gasteiger partial charge in [0.25, 0.3) is 5.91 Å². The van der Waals surface area contributed by atoms with E-state index in [1.807, 2.05) is 37.3 Å². The maximum absolute atomic E-state index is 12.4. The molecule has 134 valence electrons. The molecule has 1 aromatic heterocycles. The molecule has 2 aromatic carbocycles. The van der Waals surface area contributed by atoms with Crippen molar-refractivity contribution in [3.8, 4) is 17.0 Å². The average Bonchev–Trinajstić information content (AvgIpc) is 2.98. The highest BCUT2D eigenvalue weighted by molar-refractivity contribution is 7.16. The van der Waals surface area contributed by atoms with Crippen molar-refractivity contribution in [1.29, 1.82) is 0 Å².